The van der Waals surface area contributed by atoms with E-state index < -0.39 is 0 Å². The summed E-state index contributed by atoms with van der Waals surface area (Å²) in [4.78, 5) is 27.9. The number of carbonyl (C=O) groups is 2. The van der Waals surface area contributed by atoms with Gasteiger partial charge >= 0.3 is 0 Å². The van der Waals surface area contributed by atoms with Gasteiger partial charge in [-0.25, -0.2) is 0 Å². The minimum atomic E-state index is -0.187. The highest BCUT2D eigenvalue weighted by Crippen LogP contribution is 2.46. The van der Waals surface area contributed by atoms with Crippen molar-refractivity contribution in [3.05, 3.63) is 42.5 Å². The fourth-order valence-corrected chi connectivity index (χ4v) is 4.27. The third-order valence-corrected chi connectivity index (χ3v) is 5.90. The third-order valence-electron chi connectivity index (χ3n) is 5.90. The molecule has 25 heavy (non-hydrogen) atoms. The maximum Gasteiger partial charge on any atom is 0.253 e. The van der Waals surface area contributed by atoms with Gasteiger partial charge in [-0.1, -0.05) is 19.4 Å². The van der Waals surface area contributed by atoms with Gasteiger partial charge in [-0.05, 0) is 49.1 Å². The van der Waals surface area contributed by atoms with Crippen LogP contribution in [0.3, 0.4) is 0 Å². The average Bonchev–Trinajstić information content (AvgIpc) is 3.06. The van der Waals surface area contributed by atoms with Gasteiger partial charge in [-0.15, -0.1) is 0 Å². The number of fused-ring (bicyclic) bond motifs is 1. The normalized spacial score (nSPS) is 25.4. The Labute approximate surface area is 148 Å². The van der Waals surface area contributed by atoms with Crippen molar-refractivity contribution in [2.45, 2.75) is 25.7 Å². The molecule has 2 aliphatic rings. The van der Waals surface area contributed by atoms with E-state index in [9.17, 15) is 14.7 Å². The van der Waals surface area contributed by atoms with E-state index in [0.29, 0.717) is 18.0 Å². The molecule has 1 aromatic carbocycles. The number of hydrogen-bond donors (Lipinski definition) is 1. The number of aliphatic hydroxyl groups is 1. The van der Waals surface area contributed by atoms with Crippen molar-refractivity contribution in [3.63, 3.8) is 0 Å². The zero-order valence-electron chi connectivity index (χ0n) is 14.8. The van der Waals surface area contributed by atoms with Crippen molar-refractivity contribution >= 4 is 17.5 Å². The molecule has 0 radical (unpaired) electrons. The number of aliphatic hydroxyl groups excluding tert-OH is 1. The smallest absolute Gasteiger partial charge is 0.253 e. The molecule has 1 aromatic rings. The second-order valence-corrected chi connectivity index (χ2v) is 7.30. The van der Waals surface area contributed by atoms with Crippen molar-refractivity contribution in [1.82, 2.24) is 4.90 Å². The van der Waals surface area contributed by atoms with Crippen LogP contribution in [0.2, 0.25) is 0 Å². The van der Waals surface area contributed by atoms with Crippen molar-refractivity contribution < 1.29 is 14.7 Å². The first-order valence-corrected chi connectivity index (χ1v) is 8.91. The summed E-state index contributed by atoms with van der Waals surface area (Å²) < 4.78 is 0. The zero-order chi connectivity index (χ0) is 18.0. The molecule has 134 valence electrons. The molecular weight excluding hydrogens is 316 g/mol. The highest BCUT2D eigenvalue weighted by Gasteiger charge is 2.48. The molecule has 2 fully saturated rings. The fraction of sp³-hybridized carbons (Fsp3) is 0.500. The lowest BCUT2D eigenvalue weighted by molar-refractivity contribution is -0.113. The first-order valence-electron chi connectivity index (χ1n) is 8.91. The molecule has 2 atom stereocenters. The zero-order valence-corrected chi connectivity index (χ0v) is 14.8. The Balaban J connectivity index is 1.73. The van der Waals surface area contributed by atoms with Crippen LogP contribution in [-0.4, -0.2) is 48.6 Å². The topological polar surface area (TPSA) is 60.9 Å². The maximum absolute atomic E-state index is 12.9. The quantitative estimate of drug-likeness (QED) is 0.855. The van der Waals surface area contributed by atoms with Crippen LogP contribution < -0.4 is 4.90 Å². The molecular formula is C20H26N2O3. The summed E-state index contributed by atoms with van der Waals surface area (Å²) in [5.74, 6) is 0.227. The standard InChI is InChI=1S/C20H26N2O3/c1-3-18(24)21(2)17-9-7-15(8-10-17)19(25)22-12-16-6-4-5-11-20(16,13-22)14-23/h3,7-10,16,23H,1,4-6,11-14H2,2H3/t16-,20+/m0/s1. The van der Waals surface area contributed by atoms with Gasteiger partial charge in [-0.2, -0.15) is 0 Å². The van der Waals surface area contributed by atoms with Crippen LogP contribution in [0.4, 0.5) is 5.69 Å². The molecule has 1 saturated carbocycles. The number of likely N-dealkylation sites (tertiary alicyclic amines) is 1. The van der Waals surface area contributed by atoms with Crippen molar-refractivity contribution in [1.29, 1.82) is 0 Å². The Hall–Kier alpha value is -2.14. The minimum absolute atomic E-state index is 0.00600. The van der Waals surface area contributed by atoms with Gasteiger partial charge in [0.15, 0.2) is 0 Å². The van der Waals surface area contributed by atoms with Gasteiger partial charge in [0.1, 0.15) is 0 Å². The van der Waals surface area contributed by atoms with Gasteiger partial charge in [0.05, 0.1) is 6.61 Å². The first-order chi connectivity index (χ1) is 12.0. The van der Waals surface area contributed by atoms with Crippen LogP contribution in [0.25, 0.3) is 0 Å². The highest BCUT2D eigenvalue weighted by atomic mass is 16.3. The molecule has 5 heteroatoms. The monoisotopic (exact) mass is 342 g/mol. The van der Waals surface area contributed by atoms with Crippen LogP contribution >= 0.6 is 0 Å². The van der Waals surface area contributed by atoms with E-state index in [2.05, 4.69) is 6.58 Å². The lowest BCUT2D eigenvalue weighted by Crippen LogP contribution is -2.37. The van der Waals surface area contributed by atoms with Gasteiger partial charge in [0, 0.05) is 36.8 Å². The molecule has 1 N–H and O–H groups in total. The lowest BCUT2D eigenvalue weighted by Gasteiger charge is -2.36. The summed E-state index contributed by atoms with van der Waals surface area (Å²) in [5, 5.41) is 9.91. The Morgan fingerprint density at radius 3 is 2.68 bits per heavy atom. The van der Waals surface area contributed by atoms with Crippen LogP contribution in [-0.2, 0) is 4.79 Å². The number of anilines is 1. The van der Waals surface area contributed by atoms with Crippen molar-refractivity contribution in [3.8, 4) is 0 Å². The molecule has 0 bridgehead atoms. The van der Waals surface area contributed by atoms with Gasteiger partial charge in [0.2, 0.25) is 5.91 Å². The number of amides is 2. The van der Waals surface area contributed by atoms with Gasteiger partial charge < -0.3 is 14.9 Å². The van der Waals surface area contributed by atoms with E-state index in [0.717, 1.165) is 31.5 Å². The van der Waals surface area contributed by atoms with Gasteiger partial charge in [-0.3, -0.25) is 9.59 Å². The number of hydrogen-bond acceptors (Lipinski definition) is 3. The molecule has 1 aliphatic heterocycles. The van der Waals surface area contributed by atoms with Crippen LogP contribution in [0.15, 0.2) is 36.9 Å². The summed E-state index contributed by atoms with van der Waals surface area (Å²) in [5.41, 5.74) is 1.24. The maximum atomic E-state index is 12.9. The van der Waals surface area contributed by atoms with Gasteiger partial charge in [0.25, 0.3) is 5.91 Å². The largest absolute Gasteiger partial charge is 0.396 e. The summed E-state index contributed by atoms with van der Waals surface area (Å²) in [6.45, 7) is 5.02. The fourth-order valence-electron chi connectivity index (χ4n) is 4.27. The first kappa shape index (κ1) is 17.7. The van der Waals surface area contributed by atoms with E-state index in [-0.39, 0.29) is 23.8 Å². The summed E-state index contributed by atoms with van der Waals surface area (Å²) in [6.07, 6.45) is 5.69. The van der Waals surface area contributed by atoms with E-state index in [4.69, 9.17) is 0 Å². The number of likely N-dealkylation sites (N-methyl/N-ethyl adjacent to an activating group) is 1. The minimum Gasteiger partial charge on any atom is -0.396 e. The second kappa shape index (κ2) is 7.00. The number of rotatable bonds is 4. The summed E-state index contributed by atoms with van der Waals surface area (Å²) in [7, 11) is 1.68. The molecule has 1 aliphatic carbocycles. The SMILES string of the molecule is C=CC(=O)N(C)c1ccc(C(=O)N2C[C@@H]3CCCC[C@]3(CO)C2)cc1. The molecule has 3 rings (SSSR count). The Bertz CT molecular complexity index is 670. The molecule has 5 nitrogen and oxygen atoms in total. The molecule has 1 saturated heterocycles. The molecule has 2 amide bonds. The number of nitrogens with zero attached hydrogens (tertiary/aromatic N) is 2. The predicted octanol–water partition coefficient (Wildman–Crippen LogP) is 2.46. The Morgan fingerprint density at radius 1 is 1.36 bits per heavy atom. The number of benzene rings is 1. The Kier molecular flexibility index (Phi) is 4.95. The van der Waals surface area contributed by atoms with E-state index in [1.165, 1.54) is 17.4 Å². The van der Waals surface area contributed by atoms with Crippen LogP contribution in [0.1, 0.15) is 36.0 Å². The third kappa shape index (κ3) is 3.21. The molecule has 0 spiro atoms. The second-order valence-electron chi connectivity index (χ2n) is 7.30. The Morgan fingerprint density at radius 2 is 2.08 bits per heavy atom. The molecule has 1 heterocycles. The average molecular weight is 342 g/mol. The van der Waals surface area contributed by atoms with Crippen LogP contribution in [0.5, 0.6) is 0 Å². The van der Waals surface area contributed by atoms with E-state index >= 15 is 0 Å². The number of carbonyl (C=O) groups excluding carboxylic acids is 2. The summed E-state index contributed by atoms with van der Waals surface area (Å²) >= 11 is 0. The predicted molar refractivity (Wildman–Crippen MR) is 97.4 cm³/mol. The van der Waals surface area contributed by atoms with Crippen LogP contribution in [0, 0.1) is 11.3 Å². The molecule has 0 aromatic heterocycles. The van der Waals surface area contributed by atoms with E-state index in [1.54, 1.807) is 31.3 Å². The van der Waals surface area contributed by atoms with Crippen molar-refractivity contribution in [2.75, 3.05) is 31.6 Å². The molecule has 0 unspecified atom stereocenters. The lowest BCUT2D eigenvalue weighted by atomic mass is 9.69. The van der Waals surface area contributed by atoms with E-state index in [1.807, 2.05) is 4.90 Å². The van der Waals surface area contributed by atoms with Crippen molar-refractivity contribution in [2.24, 2.45) is 11.3 Å². The highest BCUT2D eigenvalue weighted by molar-refractivity contribution is 6.01. The summed E-state index contributed by atoms with van der Waals surface area (Å²) in [6, 6.07) is 7.08.